The standard InChI is InChI=1S/C29H28BrClN2O2/c1-35-28-25(18-22-17-23(30)9-12-26(22)32-28)27(21-7-10-24(31)11-8-21)29(34)13-15-33(16-14-29)19-20-5-3-2-4-6-20/h2-12,17-18,27,34H,13-16,19H2,1H3. The summed E-state index contributed by atoms with van der Waals surface area (Å²) in [6.45, 7) is 2.51. The molecule has 6 heteroatoms. The van der Waals surface area contributed by atoms with Crippen molar-refractivity contribution in [2.45, 2.75) is 30.9 Å². The number of ether oxygens (including phenoxy) is 1. The van der Waals surface area contributed by atoms with Gasteiger partial charge in [-0.15, -0.1) is 0 Å². The Balaban J connectivity index is 1.53. The highest BCUT2D eigenvalue weighted by molar-refractivity contribution is 9.10. The van der Waals surface area contributed by atoms with Gasteiger partial charge in [-0.2, -0.15) is 0 Å². The Labute approximate surface area is 219 Å². The average molecular weight is 552 g/mol. The SMILES string of the molecule is COc1nc2ccc(Br)cc2cc1C(c1ccc(Cl)cc1)C1(O)CCN(Cc2ccccc2)CC1. The second kappa shape index (κ2) is 10.3. The lowest BCUT2D eigenvalue weighted by molar-refractivity contribution is -0.0360. The van der Waals surface area contributed by atoms with Crippen molar-refractivity contribution < 1.29 is 9.84 Å². The van der Waals surface area contributed by atoms with Crippen molar-refractivity contribution in [2.24, 2.45) is 0 Å². The molecule has 0 spiro atoms. The van der Waals surface area contributed by atoms with Gasteiger partial charge in [0.05, 0.1) is 18.2 Å². The number of hydrogen-bond acceptors (Lipinski definition) is 4. The van der Waals surface area contributed by atoms with Crippen molar-refractivity contribution in [3.63, 3.8) is 0 Å². The van der Waals surface area contributed by atoms with E-state index in [1.807, 2.05) is 42.5 Å². The van der Waals surface area contributed by atoms with Gasteiger partial charge in [0.1, 0.15) is 0 Å². The second-order valence-corrected chi connectivity index (χ2v) is 10.6. The monoisotopic (exact) mass is 550 g/mol. The van der Waals surface area contributed by atoms with Crippen LogP contribution in [0.3, 0.4) is 0 Å². The van der Waals surface area contributed by atoms with Gasteiger partial charge in [0.25, 0.3) is 0 Å². The average Bonchev–Trinajstić information content (AvgIpc) is 2.87. The molecule has 35 heavy (non-hydrogen) atoms. The number of pyridine rings is 1. The molecule has 1 aromatic heterocycles. The number of halogens is 2. The number of likely N-dealkylation sites (tertiary alicyclic amines) is 1. The van der Waals surface area contributed by atoms with Crippen LogP contribution in [0, 0.1) is 0 Å². The maximum Gasteiger partial charge on any atom is 0.217 e. The maximum absolute atomic E-state index is 12.2. The molecule has 0 saturated carbocycles. The summed E-state index contributed by atoms with van der Waals surface area (Å²) in [7, 11) is 1.64. The van der Waals surface area contributed by atoms with Gasteiger partial charge in [-0.3, -0.25) is 4.90 Å². The maximum atomic E-state index is 12.2. The summed E-state index contributed by atoms with van der Waals surface area (Å²) in [6, 6.07) is 26.4. The van der Waals surface area contributed by atoms with Crippen molar-refractivity contribution in [1.82, 2.24) is 9.88 Å². The molecular formula is C29H28BrClN2O2. The Morgan fingerprint density at radius 3 is 2.43 bits per heavy atom. The van der Waals surface area contributed by atoms with Crippen molar-refractivity contribution in [1.29, 1.82) is 0 Å². The zero-order chi connectivity index (χ0) is 24.4. The topological polar surface area (TPSA) is 45.6 Å². The quantitative estimate of drug-likeness (QED) is 0.286. The summed E-state index contributed by atoms with van der Waals surface area (Å²) < 4.78 is 6.76. The molecule has 1 aliphatic heterocycles. The molecule has 0 aliphatic carbocycles. The van der Waals surface area contributed by atoms with E-state index in [1.165, 1.54) is 5.56 Å². The minimum atomic E-state index is -0.949. The van der Waals surface area contributed by atoms with Gasteiger partial charge in [-0.1, -0.05) is 70.0 Å². The number of rotatable bonds is 6. The van der Waals surface area contributed by atoms with E-state index in [4.69, 9.17) is 21.3 Å². The van der Waals surface area contributed by atoms with Crippen molar-refractivity contribution in [3.8, 4) is 5.88 Å². The molecule has 1 atom stereocenters. The molecule has 1 aliphatic rings. The molecule has 4 nitrogen and oxygen atoms in total. The number of fused-ring (bicyclic) bond motifs is 1. The van der Waals surface area contributed by atoms with Crippen LogP contribution >= 0.6 is 27.5 Å². The summed E-state index contributed by atoms with van der Waals surface area (Å²) in [5.74, 6) is 0.240. The normalized spacial score (nSPS) is 16.8. The number of aliphatic hydroxyl groups is 1. The van der Waals surface area contributed by atoms with E-state index in [9.17, 15) is 5.11 Å². The molecule has 2 heterocycles. The van der Waals surface area contributed by atoms with Gasteiger partial charge >= 0.3 is 0 Å². The first-order valence-corrected chi connectivity index (χ1v) is 13.0. The molecule has 1 N–H and O–H groups in total. The smallest absolute Gasteiger partial charge is 0.217 e. The predicted molar refractivity (Wildman–Crippen MR) is 145 cm³/mol. The van der Waals surface area contributed by atoms with E-state index in [-0.39, 0.29) is 5.92 Å². The lowest BCUT2D eigenvalue weighted by Gasteiger charge is -2.43. The number of piperidine rings is 1. The molecule has 5 rings (SSSR count). The van der Waals surface area contributed by atoms with E-state index in [0.717, 1.165) is 46.1 Å². The van der Waals surface area contributed by atoms with Crippen molar-refractivity contribution in [3.05, 3.63) is 105 Å². The largest absolute Gasteiger partial charge is 0.481 e. The highest BCUT2D eigenvalue weighted by atomic mass is 79.9. The van der Waals surface area contributed by atoms with Crippen LogP contribution in [0.5, 0.6) is 5.88 Å². The number of benzene rings is 3. The van der Waals surface area contributed by atoms with E-state index in [0.29, 0.717) is 23.7 Å². The third kappa shape index (κ3) is 5.24. The van der Waals surface area contributed by atoms with Crippen LogP contribution in [0.1, 0.15) is 35.4 Å². The van der Waals surface area contributed by atoms with Gasteiger partial charge in [0, 0.05) is 46.0 Å². The molecule has 3 aromatic carbocycles. The van der Waals surface area contributed by atoms with E-state index >= 15 is 0 Å². The van der Waals surface area contributed by atoms with Crippen LogP contribution < -0.4 is 4.74 Å². The van der Waals surface area contributed by atoms with Crippen LogP contribution in [-0.2, 0) is 6.54 Å². The lowest BCUT2D eigenvalue weighted by Crippen LogP contribution is -2.48. The summed E-state index contributed by atoms with van der Waals surface area (Å²) in [4.78, 5) is 7.22. The van der Waals surface area contributed by atoms with Crippen LogP contribution in [0.4, 0.5) is 0 Å². The Kier molecular flexibility index (Phi) is 7.12. The third-order valence-electron chi connectivity index (χ3n) is 6.99. The fraction of sp³-hybridized carbons (Fsp3) is 0.276. The van der Waals surface area contributed by atoms with Gasteiger partial charge in [0.15, 0.2) is 0 Å². The number of hydrogen-bond donors (Lipinski definition) is 1. The number of methoxy groups -OCH3 is 1. The molecule has 4 aromatic rings. The lowest BCUT2D eigenvalue weighted by atomic mass is 9.72. The first-order chi connectivity index (χ1) is 16.9. The summed E-state index contributed by atoms with van der Waals surface area (Å²) >= 11 is 9.80. The molecule has 0 bridgehead atoms. The summed E-state index contributed by atoms with van der Waals surface area (Å²) in [6.07, 6.45) is 1.29. The molecular weight excluding hydrogens is 524 g/mol. The van der Waals surface area contributed by atoms with Crippen LogP contribution in [0.15, 0.2) is 83.3 Å². The molecule has 0 amide bonds. The Hall–Kier alpha value is -2.44. The van der Waals surface area contributed by atoms with Gasteiger partial charge in [0.2, 0.25) is 5.88 Å². The molecule has 0 radical (unpaired) electrons. The summed E-state index contributed by atoms with van der Waals surface area (Å²) in [5, 5.41) is 13.9. The van der Waals surface area contributed by atoms with E-state index in [1.54, 1.807) is 7.11 Å². The molecule has 1 fully saturated rings. The van der Waals surface area contributed by atoms with E-state index < -0.39 is 5.60 Å². The highest BCUT2D eigenvalue weighted by Crippen LogP contribution is 2.45. The van der Waals surface area contributed by atoms with E-state index in [2.05, 4.69) is 57.2 Å². The Morgan fingerprint density at radius 1 is 1.03 bits per heavy atom. The zero-order valence-electron chi connectivity index (χ0n) is 19.6. The molecule has 1 saturated heterocycles. The first kappa shape index (κ1) is 24.3. The Morgan fingerprint density at radius 2 is 1.74 bits per heavy atom. The number of nitrogens with zero attached hydrogens (tertiary/aromatic N) is 2. The third-order valence-corrected chi connectivity index (χ3v) is 7.73. The fourth-order valence-corrected chi connectivity index (χ4v) is 5.68. The predicted octanol–water partition coefficient (Wildman–Crippen LogP) is 6.82. The van der Waals surface area contributed by atoms with Gasteiger partial charge in [-0.05, 0) is 60.4 Å². The summed E-state index contributed by atoms with van der Waals surface area (Å²) in [5.41, 5.74) is 3.09. The van der Waals surface area contributed by atoms with Crippen molar-refractivity contribution >= 4 is 38.4 Å². The second-order valence-electron chi connectivity index (χ2n) is 9.27. The highest BCUT2D eigenvalue weighted by Gasteiger charge is 2.43. The zero-order valence-corrected chi connectivity index (χ0v) is 22.0. The van der Waals surface area contributed by atoms with Gasteiger partial charge in [-0.25, -0.2) is 4.98 Å². The minimum absolute atomic E-state index is 0.301. The minimum Gasteiger partial charge on any atom is -0.481 e. The van der Waals surface area contributed by atoms with Crippen LogP contribution in [-0.4, -0.2) is 40.8 Å². The number of aromatic nitrogens is 1. The van der Waals surface area contributed by atoms with Crippen LogP contribution in [0.25, 0.3) is 10.9 Å². The van der Waals surface area contributed by atoms with Crippen LogP contribution in [0.2, 0.25) is 5.02 Å². The fourth-order valence-electron chi connectivity index (χ4n) is 5.18. The van der Waals surface area contributed by atoms with Crippen molar-refractivity contribution in [2.75, 3.05) is 20.2 Å². The first-order valence-electron chi connectivity index (χ1n) is 11.8. The Bertz CT molecular complexity index is 1310. The molecule has 180 valence electrons. The molecule has 1 unspecified atom stereocenters. The van der Waals surface area contributed by atoms with Gasteiger partial charge < -0.3 is 9.84 Å².